The number of esters is 1. The zero-order chi connectivity index (χ0) is 16.3. The van der Waals surface area contributed by atoms with E-state index >= 15 is 0 Å². The minimum Gasteiger partial charge on any atom is -0.461 e. The fraction of sp³-hybridized carbons (Fsp3) is 0.900. The van der Waals surface area contributed by atoms with Crippen molar-refractivity contribution < 1.29 is 44.8 Å². The number of hydrogen-bond acceptors (Lipinski definition) is 7. The molecule has 0 saturated carbocycles. The van der Waals surface area contributed by atoms with Gasteiger partial charge in [-0.15, -0.1) is 0 Å². The van der Waals surface area contributed by atoms with Crippen LogP contribution in [0.1, 0.15) is 20.8 Å². The molecule has 2 aliphatic heterocycles. The molecular weight excluding hydrogens is 321 g/mol. The molecule has 0 aromatic carbocycles. The largest absolute Gasteiger partial charge is 0.523 e. The molecule has 2 aliphatic rings. The summed E-state index contributed by atoms with van der Waals surface area (Å²) in [5.41, 5.74) is -8.15. The van der Waals surface area contributed by atoms with Gasteiger partial charge >= 0.3 is 21.6 Å². The van der Waals surface area contributed by atoms with Gasteiger partial charge in [0.2, 0.25) is 5.60 Å². The number of fused-ring (bicyclic) bond motifs is 1. The van der Waals surface area contributed by atoms with Crippen LogP contribution in [-0.2, 0) is 33.3 Å². The van der Waals surface area contributed by atoms with Crippen LogP contribution in [-0.4, -0.2) is 50.1 Å². The van der Waals surface area contributed by atoms with Gasteiger partial charge in [0.15, 0.2) is 5.79 Å². The maximum Gasteiger partial charge on any atom is 0.523 e. The number of alkyl halides is 3. The van der Waals surface area contributed by atoms with Gasteiger partial charge < -0.3 is 14.2 Å². The molecular formula is C10H13F3O7S. The summed E-state index contributed by atoms with van der Waals surface area (Å²) in [6.45, 7) is 3.53. The SMILES string of the molecule is CC1(C)OC2[C@@H](COC(=O)[C@@]2(C)OS(=O)(=O)C(F)(F)F)O1. The number of hydrogen-bond donors (Lipinski definition) is 0. The maximum atomic E-state index is 12.4. The summed E-state index contributed by atoms with van der Waals surface area (Å²) in [6, 6.07) is 0. The topological polar surface area (TPSA) is 88.1 Å². The molecule has 0 N–H and O–H groups in total. The average molecular weight is 334 g/mol. The molecule has 122 valence electrons. The van der Waals surface area contributed by atoms with Crippen molar-refractivity contribution in [2.75, 3.05) is 6.61 Å². The Hall–Kier alpha value is -0.910. The van der Waals surface area contributed by atoms with Crippen LogP contribution >= 0.6 is 0 Å². The van der Waals surface area contributed by atoms with Gasteiger partial charge in [-0.2, -0.15) is 21.6 Å². The number of cyclic esters (lactones) is 1. The normalized spacial score (nSPS) is 36.2. The molecule has 0 spiro atoms. The minimum absolute atomic E-state index is 0.266. The van der Waals surface area contributed by atoms with E-state index in [9.17, 15) is 26.4 Å². The van der Waals surface area contributed by atoms with E-state index in [4.69, 9.17) is 9.47 Å². The molecule has 21 heavy (non-hydrogen) atoms. The number of ether oxygens (including phenoxy) is 3. The highest BCUT2D eigenvalue weighted by Gasteiger charge is 2.64. The van der Waals surface area contributed by atoms with Gasteiger partial charge in [-0.25, -0.2) is 8.98 Å². The third kappa shape index (κ3) is 2.74. The fourth-order valence-corrected chi connectivity index (χ4v) is 2.91. The standard InChI is InChI=1S/C10H13F3O7S/c1-8(2)18-5-4-17-7(14)9(3,6(5)19-8)20-21(15,16)10(11,12)13/h5-6H,4H2,1-3H3/t5-,6?,9+/m1/s1. The third-order valence-corrected chi connectivity index (χ3v) is 4.21. The first-order valence-corrected chi connectivity index (χ1v) is 7.24. The number of rotatable bonds is 2. The van der Waals surface area contributed by atoms with Crippen LogP contribution in [0.3, 0.4) is 0 Å². The summed E-state index contributed by atoms with van der Waals surface area (Å²) in [5.74, 6) is -2.48. The number of halogens is 3. The second kappa shape index (κ2) is 4.54. The van der Waals surface area contributed by atoms with Crippen LogP contribution in [0, 0.1) is 0 Å². The summed E-state index contributed by atoms with van der Waals surface area (Å²) in [6.07, 6.45) is -2.27. The molecule has 0 aromatic rings. The molecule has 2 saturated heterocycles. The predicted molar refractivity (Wildman–Crippen MR) is 59.2 cm³/mol. The quantitative estimate of drug-likeness (QED) is 0.417. The highest BCUT2D eigenvalue weighted by molar-refractivity contribution is 7.87. The van der Waals surface area contributed by atoms with Crippen molar-refractivity contribution >= 4 is 16.1 Å². The Morgan fingerprint density at radius 3 is 2.33 bits per heavy atom. The van der Waals surface area contributed by atoms with Gasteiger partial charge in [-0.05, 0) is 20.8 Å². The second-order valence-electron chi connectivity index (χ2n) is 5.28. The lowest BCUT2D eigenvalue weighted by Gasteiger charge is -2.37. The summed E-state index contributed by atoms with van der Waals surface area (Å²) in [5, 5.41) is 0. The lowest BCUT2D eigenvalue weighted by Crippen LogP contribution is -2.60. The Bertz CT molecular complexity index is 555. The Balaban J connectivity index is 2.36. The highest BCUT2D eigenvalue weighted by atomic mass is 32.2. The fourth-order valence-electron chi connectivity index (χ4n) is 2.20. The van der Waals surface area contributed by atoms with Crippen molar-refractivity contribution in [2.24, 2.45) is 0 Å². The first kappa shape index (κ1) is 16.5. The molecule has 0 aromatic heterocycles. The van der Waals surface area contributed by atoms with Gasteiger partial charge in [0.25, 0.3) is 0 Å². The van der Waals surface area contributed by atoms with Gasteiger partial charge in [0.05, 0.1) is 0 Å². The molecule has 0 bridgehead atoms. The summed E-state index contributed by atoms with van der Waals surface area (Å²) in [4.78, 5) is 11.8. The molecule has 0 radical (unpaired) electrons. The van der Waals surface area contributed by atoms with Gasteiger partial charge in [0.1, 0.15) is 18.8 Å². The third-order valence-electron chi connectivity index (χ3n) is 3.08. The molecule has 7 nitrogen and oxygen atoms in total. The minimum atomic E-state index is -6.00. The molecule has 0 amide bonds. The molecule has 2 rings (SSSR count). The van der Waals surface area contributed by atoms with Crippen LogP contribution < -0.4 is 0 Å². The van der Waals surface area contributed by atoms with E-state index in [1.807, 2.05) is 0 Å². The van der Waals surface area contributed by atoms with E-state index in [0.717, 1.165) is 6.92 Å². The monoisotopic (exact) mass is 334 g/mol. The lowest BCUT2D eigenvalue weighted by molar-refractivity contribution is -0.191. The molecule has 11 heteroatoms. The molecule has 1 unspecified atom stereocenters. The van der Waals surface area contributed by atoms with Crippen LogP contribution in [0.15, 0.2) is 0 Å². The van der Waals surface area contributed by atoms with Gasteiger partial charge in [-0.3, -0.25) is 0 Å². The van der Waals surface area contributed by atoms with Crippen molar-refractivity contribution in [3.63, 3.8) is 0 Å². The van der Waals surface area contributed by atoms with Crippen LogP contribution in [0.2, 0.25) is 0 Å². The first-order chi connectivity index (χ1) is 9.29. The smallest absolute Gasteiger partial charge is 0.461 e. The van der Waals surface area contributed by atoms with E-state index < -0.39 is 45.2 Å². The maximum absolute atomic E-state index is 12.4. The Kier molecular flexibility index (Phi) is 3.56. The molecule has 3 atom stereocenters. The van der Waals surface area contributed by atoms with E-state index in [0.29, 0.717) is 0 Å². The zero-order valence-corrected chi connectivity index (χ0v) is 12.1. The van der Waals surface area contributed by atoms with E-state index in [1.165, 1.54) is 13.8 Å². The first-order valence-electron chi connectivity index (χ1n) is 5.83. The summed E-state index contributed by atoms with van der Waals surface area (Å²) >= 11 is 0. The molecule has 0 aliphatic carbocycles. The summed E-state index contributed by atoms with van der Waals surface area (Å²) < 4.78 is 79.1. The van der Waals surface area contributed by atoms with Gasteiger partial charge in [-0.1, -0.05) is 0 Å². The zero-order valence-electron chi connectivity index (χ0n) is 11.3. The second-order valence-corrected chi connectivity index (χ2v) is 6.82. The van der Waals surface area contributed by atoms with Crippen molar-refractivity contribution in [1.82, 2.24) is 0 Å². The lowest BCUT2D eigenvalue weighted by atomic mass is 9.93. The van der Waals surface area contributed by atoms with Crippen molar-refractivity contribution in [3.05, 3.63) is 0 Å². The molecule has 2 fully saturated rings. The van der Waals surface area contributed by atoms with Crippen LogP contribution in [0.25, 0.3) is 0 Å². The predicted octanol–water partition coefficient (Wildman–Crippen LogP) is 0.688. The van der Waals surface area contributed by atoms with Gasteiger partial charge in [0, 0.05) is 0 Å². The number of carbonyl (C=O) groups is 1. The van der Waals surface area contributed by atoms with Crippen molar-refractivity contribution in [2.45, 2.75) is 49.9 Å². The van der Waals surface area contributed by atoms with Crippen molar-refractivity contribution in [1.29, 1.82) is 0 Å². The van der Waals surface area contributed by atoms with E-state index in [1.54, 1.807) is 0 Å². The Labute approximate surface area is 118 Å². The van der Waals surface area contributed by atoms with Crippen molar-refractivity contribution in [3.8, 4) is 0 Å². The average Bonchev–Trinajstić information content (AvgIpc) is 2.58. The Morgan fingerprint density at radius 2 is 1.81 bits per heavy atom. The van der Waals surface area contributed by atoms with Crippen LogP contribution in [0.5, 0.6) is 0 Å². The van der Waals surface area contributed by atoms with E-state index in [-0.39, 0.29) is 6.61 Å². The highest BCUT2D eigenvalue weighted by Crippen LogP contribution is 2.41. The summed E-state index contributed by atoms with van der Waals surface area (Å²) in [7, 11) is -6.00. The molecule has 2 heterocycles. The van der Waals surface area contributed by atoms with Crippen LogP contribution in [0.4, 0.5) is 13.2 Å². The number of carbonyl (C=O) groups excluding carboxylic acids is 1. The van der Waals surface area contributed by atoms with E-state index in [2.05, 4.69) is 8.92 Å². The Morgan fingerprint density at radius 1 is 1.24 bits per heavy atom.